The highest BCUT2D eigenvalue weighted by Crippen LogP contribution is 2.03. The monoisotopic (exact) mass is 202 g/mol. The molecule has 0 unspecified atom stereocenters. The Kier molecular flexibility index (Phi) is 7.50. The van der Waals surface area contributed by atoms with Crippen molar-refractivity contribution in [2.24, 2.45) is 0 Å². The lowest BCUT2D eigenvalue weighted by Gasteiger charge is -1.90. The maximum atomic E-state index is 10.2. The van der Waals surface area contributed by atoms with Crippen molar-refractivity contribution < 1.29 is 9.59 Å². The van der Waals surface area contributed by atoms with Gasteiger partial charge in [-0.1, -0.05) is 36.9 Å². The maximum absolute atomic E-state index is 10.2. The Morgan fingerprint density at radius 1 is 1.20 bits per heavy atom. The Balaban J connectivity index is 0.000000423. The van der Waals surface area contributed by atoms with Crippen LogP contribution < -0.4 is 0 Å². The van der Waals surface area contributed by atoms with Gasteiger partial charge in [0.15, 0.2) is 0 Å². The Labute approximate surface area is 89.9 Å². The highest BCUT2D eigenvalue weighted by atomic mass is 16.1. The number of carbonyl (C=O) groups excluding carboxylic acids is 2. The molecule has 0 saturated carbocycles. The first-order valence-electron chi connectivity index (χ1n) is 4.49. The molecule has 0 spiro atoms. The summed E-state index contributed by atoms with van der Waals surface area (Å²) in [6.45, 7) is 4.90. The van der Waals surface area contributed by atoms with Gasteiger partial charge < -0.3 is 0 Å². The van der Waals surface area contributed by atoms with E-state index < -0.39 is 0 Å². The van der Waals surface area contributed by atoms with Gasteiger partial charge >= 0.3 is 0 Å². The summed E-state index contributed by atoms with van der Waals surface area (Å²) < 4.78 is 0. The minimum Gasteiger partial charge on any atom is -0.299 e. The van der Waals surface area contributed by atoms with Gasteiger partial charge in [-0.3, -0.25) is 9.59 Å². The Bertz CT molecular complexity index is 331. The largest absolute Gasteiger partial charge is 0.299 e. The molecule has 0 amide bonds. The molecule has 1 rings (SSSR count). The fraction of sp³-hybridized carbons (Fsp3) is 0.0769. The third-order valence-corrected chi connectivity index (χ3v) is 1.48. The fourth-order valence-corrected chi connectivity index (χ4v) is 0.846. The summed E-state index contributed by atoms with van der Waals surface area (Å²) >= 11 is 0. The van der Waals surface area contributed by atoms with Crippen LogP contribution in [0, 0.1) is 0 Å². The van der Waals surface area contributed by atoms with Gasteiger partial charge in [0.2, 0.25) is 0 Å². The Hall–Kier alpha value is -1.96. The molecule has 0 radical (unpaired) electrons. The van der Waals surface area contributed by atoms with Crippen molar-refractivity contribution in [3.63, 3.8) is 0 Å². The zero-order valence-electron chi connectivity index (χ0n) is 8.72. The van der Waals surface area contributed by atoms with Gasteiger partial charge in [0.1, 0.15) is 12.6 Å². The number of aldehydes is 2. The summed E-state index contributed by atoms with van der Waals surface area (Å²) in [5, 5.41) is 0. The molecule has 1 aromatic rings. The van der Waals surface area contributed by atoms with Gasteiger partial charge in [-0.15, -0.1) is 0 Å². The summed E-state index contributed by atoms with van der Waals surface area (Å²) in [5.74, 6) is 0. The summed E-state index contributed by atoms with van der Waals surface area (Å²) in [5.41, 5.74) is 1.81. The van der Waals surface area contributed by atoms with Crippen LogP contribution in [0.2, 0.25) is 0 Å². The topological polar surface area (TPSA) is 34.1 Å². The SMILES string of the molecule is C/C(C=O)=C\c1ccccc1.C=CC=O. The number of benzene rings is 1. The van der Waals surface area contributed by atoms with Crippen molar-refractivity contribution >= 4 is 18.6 Å². The molecule has 0 aliphatic rings. The predicted octanol–water partition coefficient (Wildman–Crippen LogP) is 2.66. The predicted molar refractivity (Wildman–Crippen MR) is 62.4 cm³/mol. The van der Waals surface area contributed by atoms with Crippen molar-refractivity contribution in [3.8, 4) is 0 Å². The molecule has 0 N–H and O–H groups in total. The van der Waals surface area contributed by atoms with E-state index in [0.717, 1.165) is 17.4 Å². The molecule has 1 aromatic carbocycles. The molecular formula is C13H14O2. The van der Waals surface area contributed by atoms with E-state index in [9.17, 15) is 4.79 Å². The number of hydrogen-bond acceptors (Lipinski definition) is 2. The lowest BCUT2D eigenvalue weighted by Crippen LogP contribution is -1.76. The second kappa shape index (κ2) is 8.63. The Morgan fingerprint density at radius 2 is 1.73 bits per heavy atom. The van der Waals surface area contributed by atoms with Crippen LogP contribution in [0.25, 0.3) is 6.08 Å². The van der Waals surface area contributed by atoms with E-state index in [2.05, 4.69) is 6.58 Å². The molecule has 0 atom stereocenters. The third-order valence-electron chi connectivity index (χ3n) is 1.48. The van der Waals surface area contributed by atoms with Crippen LogP contribution >= 0.6 is 0 Å². The van der Waals surface area contributed by atoms with E-state index in [1.807, 2.05) is 36.4 Å². The average Bonchev–Trinajstić information content (AvgIpc) is 2.30. The van der Waals surface area contributed by atoms with Crippen LogP contribution in [0.4, 0.5) is 0 Å². The number of carbonyl (C=O) groups is 2. The van der Waals surface area contributed by atoms with Crippen molar-refractivity contribution in [1.82, 2.24) is 0 Å². The molecule has 0 saturated heterocycles. The van der Waals surface area contributed by atoms with Crippen molar-refractivity contribution in [1.29, 1.82) is 0 Å². The standard InChI is InChI=1S/C10H10O.C3H4O/c1-9(8-11)7-10-5-3-2-4-6-10;1-2-3-4/h2-8H,1H3;2-3H,1H2/b9-7+;. The van der Waals surface area contributed by atoms with Crippen LogP contribution in [-0.4, -0.2) is 12.6 Å². The molecule has 15 heavy (non-hydrogen) atoms. The highest BCUT2D eigenvalue weighted by Gasteiger charge is 1.85. The minimum absolute atomic E-state index is 0.639. The summed E-state index contributed by atoms with van der Waals surface area (Å²) in [6.07, 6.45) is 4.54. The van der Waals surface area contributed by atoms with Gasteiger partial charge in [0.05, 0.1) is 0 Å². The summed E-state index contributed by atoms with van der Waals surface area (Å²) in [4.78, 5) is 19.3. The first-order valence-corrected chi connectivity index (χ1v) is 4.49. The van der Waals surface area contributed by atoms with E-state index in [1.54, 1.807) is 6.92 Å². The van der Waals surface area contributed by atoms with E-state index in [1.165, 1.54) is 6.08 Å². The molecule has 2 nitrogen and oxygen atoms in total. The molecule has 0 bridgehead atoms. The van der Waals surface area contributed by atoms with Crippen LogP contribution in [0.1, 0.15) is 12.5 Å². The zero-order chi connectivity index (χ0) is 11.5. The van der Waals surface area contributed by atoms with E-state index in [-0.39, 0.29) is 0 Å². The number of allylic oxidation sites excluding steroid dienone is 2. The minimum atomic E-state index is 0.639. The normalized spacial score (nSPS) is 9.53. The van der Waals surface area contributed by atoms with Crippen LogP contribution in [0.3, 0.4) is 0 Å². The lowest BCUT2D eigenvalue weighted by atomic mass is 10.1. The number of hydrogen-bond donors (Lipinski definition) is 0. The molecule has 2 heteroatoms. The van der Waals surface area contributed by atoms with Crippen LogP contribution in [0.15, 0.2) is 48.6 Å². The van der Waals surface area contributed by atoms with Crippen LogP contribution in [-0.2, 0) is 9.59 Å². The van der Waals surface area contributed by atoms with Gasteiger partial charge in [-0.2, -0.15) is 0 Å². The molecule has 0 aliphatic carbocycles. The van der Waals surface area contributed by atoms with Crippen LogP contribution in [0.5, 0.6) is 0 Å². The zero-order valence-corrected chi connectivity index (χ0v) is 8.72. The quantitative estimate of drug-likeness (QED) is 0.557. The van der Waals surface area contributed by atoms with E-state index >= 15 is 0 Å². The third kappa shape index (κ3) is 7.14. The highest BCUT2D eigenvalue weighted by molar-refractivity contribution is 5.80. The van der Waals surface area contributed by atoms with Crippen molar-refractivity contribution in [2.45, 2.75) is 6.92 Å². The molecule has 78 valence electrons. The number of rotatable bonds is 3. The van der Waals surface area contributed by atoms with Gasteiger partial charge in [-0.25, -0.2) is 0 Å². The first kappa shape index (κ1) is 13.0. The second-order valence-corrected chi connectivity index (χ2v) is 2.79. The van der Waals surface area contributed by atoms with Crippen molar-refractivity contribution in [2.75, 3.05) is 0 Å². The fourth-order valence-electron chi connectivity index (χ4n) is 0.846. The lowest BCUT2D eigenvalue weighted by molar-refractivity contribution is -0.105. The molecule has 0 aromatic heterocycles. The maximum Gasteiger partial charge on any atom is 0.145 e. The average molecular weight is 202 g/mol. The Morgan fingerprint density at radius 3 is 2.13 bits per heavy atom. The first-order chi connectivity index (χ1) is 7.24. The summed E-state index contributed by atoms with van der Waals surface area (Å²) in [6, 6.07) is 9.78. The molecule has 0 heterocycles. The smallest absolute Gasteiger partial charge is 0.145 e. The van der Waals surface area contributed by atoms with Gasteiger partial charge in [-0.05, 0) is 30.2 Å². The second-order valence-electron chi connectivity index (χ2n) is 2.79. The van der Waals surface area contributed by atoms with Crippen molar-refractivity contribution in [3.05, 3.63) is 54.1 Å². The van der Waals surface area contributed by atoms with E-state index in [0.29, 0.717) is 6.29 Å². The molecular weight excluding hydrogens is 188 g/mol. The van der Waals surface area contributed by atoms with Gasteiger partial charge in [0, 0.05) is 0 Å². The molecule has 0 fully saturated rings. The van der Waals surface area contributed by atoms with Gasteiger partial charge in [0.25, 0.3) is 0 Å². The summed E-state index contributed by atoms with van der Waals surface area (Å²) in [7, 11) is 0. The van der Waals surface area contributed by atoms with E-state index in [4.69, 9.17) is 4.79 Å². The molecule has 0 aliphatic heterocycles.